The zero-order valence-electron chi connectivity index (χ0n) is 10.5. The first kappa shape index (κ1) is 16.4. The van der Waals surface area contributed by atoms with Crippen molar-refractivity contribution in [3.63, 3.8) is 0 Å². The molecule has 0 aromatic carbocycles. The maximum Gasteiger partial charge on any atom is 0.411 e. The molecule has 1 amide bonds. The predicted octanol–water partition coefficient (Wildman–Crippen LogP) is 1.84. The molecule has 0 bridgehead atoms. The number of esters is 1. The number of hydrogen-bond acceptors (Lipinski definition) is 6. The summed E-state index contributed by atoms with van der Waals surface area (Å²) in [4.78, 5) is 26.6. The summed E-state index contributed by atoms with van der Waals surface area (Å²) >= 11 is 0.840. The van der Waals surface area contributed by atoms with Crippen LogP contribution in [0.5, 0.6) is 0 Å². The van der Waals surface area contributed by atoms with Gasteiger partial charge in [0.1, 0.15) is 17.6 Å². The van der Waals surface area contributed by atoms with Gasteiger partial charge in [-0.3, -0.25) is 10.1 Å². The molecule has 6 nitrogen and oxygen atoms in total. The molecular weight excluding hydrogens is 301 g/mol. The number of thiazole rings is 1. The lowest BCUT2D eigenvalue weighted by atomic mass is 10.4. The molecule has 1 heterocycles. The van der Waals surface area contributed by atoms with E-state index >= 15 is 0 Å². The third-order valence-corrected chi connectivity index (χ3v) is 2.88. The molecule has 1 aromatic rings. The molecule has 0 saturated heterocycles. The van der Waals surface area contributed by atoms with E-state index in [4.69, 9.17) is 0 Å². The van der Waals surface area contributed by atoms with Gasteiger partial charge in [-0.25, -0.2) is 9.78 Å². The lowest BCUT2D eigenvalue weighted by molar-refractivity contribution is -0.184. The Kier molecular flexibility index (Phi) is 5.45. The van der Waals surface area contributed by atoms with Crippen molar-refractivity contribution in [1.29, 1.82) is 0 Å². The molecule has 1 N–H and O–H groups in total. The maximum absolute atomic E-state index is 11.9. The van der Waals surface area contributed by atoms with E-state index in [2.05, 4.69) is 19.8 Å². The molecule has 0 aliphatic carbocycles. The van der Waals surface area contributed by atoms with Crippen LogP contribution in [0.25, 0.3) is 0 Å². The number of rotatable bonds is 5. The molecule has 1 rings (SSSR count). The summed E-state index contributed by atoms with van der Waals surface area (Å²) in [6, 6.07) is 0. The number of aromatic nitrogens is 1. The number of carbonyl (C=O) groups excluding carboxylic acids is 2. The van der Waals surface area contributed by atoms with Crippen molar-refractivity contribution >= 4 is 28.3 Å². The number of carbonyl (C=O) groups is 2. The van der Waals surface area contributed by atoms with Crippen molar-refractivity contribution in [3.05, 3.63) is 11.1 Å². The molecule has 1 aromatic heterocycles. The Bertz CT molecular complexity index is 489. The van der Waals surface area contributed by atoms with Gasteiger partial charge in [-0.15, -0.1) is 0 Å². The Morgan fingerprint density at radius 1 is 1.50 bits per heavy atom. The van der Waals surface area contributed by atoms with E-state index in [1.165, 1.54) is 20.2 Å². The molecule has 0 radical (unpaired) electrons. The first-order valence-electron chi connectivity index (χ1n) is 5.26. The van der Waals surface area contributed by atoms with Gasteiger partial charge in [-0.05, 0) is 6.92 Å². The Hall–Kier alpha value is -1.68. The van der Waals surface area contributed by atoms with E-state index in [-0.39, 0.29) is 10.0 Å². The van der Waals surface area contributed by atoms with Gasteiger partial charge in [-0.2, -0.15) is 13.2 Å². The van der Waals surface area contributed by atoms with Crippen LogP contribution in [0.4, 0.5) is 18.3 Å². The number of alkyl halides is 3. The molecule has 0 unspecified atom stereocenters. The monoisotopic (exact) mass is 312 g/mol. The molecule has 0 aliphatic rings. The van der Waals surface area contributed by atoms with Gasteiger partial charge in [0.05, 0.1) is 13.3 Å². The average molecular weight is 312 g/mol. The molecule has 1 atom stereocenters. The lowest BCUT2D eigenvalue weighted by Gasteiger charge is -2.13. The predicted molar refractivity (Wildman–Crippen MR) is 63.6 cm³/mol. The quantitative estimate of drug-likeness (QED) is 0.839. The summed E-state index contributed by atoms with van der Waals surface area (Å²) in [7, 11) is 1.19. The summed E-state index contributed by atoms with van der Waals surface area (Å²) in [5, 5.41) is 2.31. The highest BCUT2D eigenvalue weighted by molar-refractivity contribution is 7.17. The zero-order chi connectivity index (χ0) is 15.3. The Balaban J connectivity index is 2.53. The van der Waals surface area contributed by atoms with Crippen LogP contribution in [0.1, 0.15) is 16.6 Å². The largest absolute Gasteiger partial charge is 0.465 e. The van der Waals surface area contributed by atoms with Crippen LogP contribution in [0.3, 0.4) is 0 Å². The Labute approximate surface area is 115 Å². The SMILES string of the molecule is COC(=O)c1cnc(NC(=O)[C@H](C)OCC(F)(F)F)s1. The summed E-state index contributed by atoms with van der Waals surface area (Å²) in [5.41, 5.74) is 0. The first-order valence-corrected chi connectivity index (χ1v) is 6.08. The number of anilines is 1. The van der Waals surface area contributed by atoms with Crippen LogP contribution in [-0.2, 0) is 14.3 Å². The molecule has 0 aliphatic heterocycles. The number of hydrogen-bond donors (Lipinski definition) is 1. The van der Waals surface area contributed by atoms with E-state index < -0.39 is 30.8 Å². The summed E-state index contributed by atoms with van der Waals surface area (Å²) in [5.74, 6) is -1.41. The fourth-order valence-corrected chi connectivity index (χ4v) is 1.77. The van der Waals surface area contributed by atoms with E-state index in [9.17, 15) is 22.8 Å². The third kappa shape index (κ3) is 5.13. The number of halogens is 3. The highest BCUT2D eigenvalue weighted by Crippen LogP contribution is 2.20. The Morgan fingerprint density at radius 3 is 2.70 bits per heavy atom. The molecule has 0 saturated carbocycles. The summed E-state index contributed by atoms with van der Waals surface area (Å²) in [6.07, 6.45) is -4.62. The van der Waals surface area contributed by atoms with Gasteiger partial charge in [0.25, 0.3) is 5.91 Å². The van der Waals surface area contributed by atoms with E-state index in [0.717, 1.165) is 11.3 Å². The standard InChI is InChI=1S/C10H11F3N2O4S/c1-5(19-4-10(11,12)13)7(16)15-9-14-3-6(20-9)8(17)18-2/h3,5H,4H2,1-2H3,(H,14,15,16)/t5-/m0/s1. The fourth-order valence-electron chi connectivity index (χ4n) is 1.03. The number of amides is 1. The van der Waals surface area contributed by atoms with Gasteiger partial charge in [-0.1, -0.05) is 11.3 Å². The number of ether oxygens (including phenoxy) is 2. The molecule has 0 fully saturated rings. The van der Waals surface area contributed by atoms with E-state index in [1.54, 1.807) is 0 Å². The Morgan fingerprint density at radius 2 is 2.15 bits per heavy atom. The lowest BCUT2D eigenvalue weighted by Crippen LogP contribution is -2.31. The minimum atomic E-state index is -4.51. The van der Waals surface area contributed by atoms with Crippen molar-refractivity contribution in [1.82, 2.24) is 4.98 Å². The van der Waals surface area contributed by atoms with Crippen molar-refractivity contribution < 1.29 is 32.2 Å². The van der Waals surface area contributed by atoms with E-state index in [0.29, 0.717) is 0 Å². The summed E-state index contributed by atoms with van der Waals surface area (Å²) in [6.45, 7) is -0.344. The van der Waals surface area contributed by atoms with Crippen LogP contribution >= 0.6 is 11.3 Å². The zero-order valence-corrected chi connectivity index (χ0v) is 11.3. The normalized spacial score (nSPS) is 12.8. The smallest absolute Gasteiger partial charge is 0.411 e. The average Bonchev–Trinajstić information content (AvgIpc) is 2.82. The second kappa shape index (κ2) is 6.66. The van der Waals surface area contributed by atoms with Crippen LogP contribution in [0.15, 0.2) is 6.20 Å². The van der Waals surface area contributed by atoms with Gasteiger partial charge in [0.2, 0.25) is 0 Å². The molecule has 112 valence electrons. The third-order valence-electron chi connectivity index (χ3n) is 1.99. The van der Waals surface area contributed by atoms with Crippen molar-refractivity contribution in [3.8, 4) is 0 Å². The minimum Gasteiger partial charge on any atom is -0.465 e. The summed E-state index contributed by atoms with van der Waals surface area (Å²) < 4.78 is 44.6. The van der Waals surface area contributed by atoms with Crippen molar-refractivity contribution in [2.75, 3.05) is 19.0 Å². The highest BCUT2D eigenvalue weighted by Gasteiger charge is 2.30. The van der Waals surface area contributed by atoms with Crippen LogP contribution < -0.4 is 5.32 Å². The molecule has 20 heavy (non-hydrogen) atoms. The molecule has 10 heteroatoms. The maximum atomic E-state index is 11.9. The van der Waals surface area contributed by atoms with Crippen molar-refractivity contribution in [2.24, 2.45) is 0 Å². The van der Waals surface area contributed by atoms with Gasteiger partial charge >= 0.3 is 12.1 Å². The number of nitrogens with zero attached hydrogens (tertiary/aromatic N) is 1. The highest BCUT2D eigenvalue weighted by atomic mass is 32.1. The van der Waals surface area contributed by atoms with Crippen LogP contribution in [0, 0.1) is 0 Å². The first-order chi connectivity index (χ1) is 9.23. The fraction of sp³-hybridized carbons (Fsp3) is 0.500. The second-order valence-electron chi connectivity index (χ2n) is 3.58. The number of methoxy groups -OCH3 is 1. The molecular formula is C10H11F3N2O4S. The molecule has 0 spiro atoms. The van der Waals surface area contributed by atoms with Crippen LogP contribution in [-0.4, -0.2) is 42.9 Å². The van der Waals surface area contributed by atoms with E-state index in [1.807, 2.05) is 0 Å². The topological polar surface area (TPSA) is 77.5 Å². The number of nitrogens with one attached hydrogen (secondary N) is 1. The minimum absolute atomic E-state index is 0.0675. The second-order valence-corrected chi connectivity index (χ2v) is 4.61. The van der Waals surface area contributed by atoms with Crippen LogP contribution in [0.2, 0.25) is 0 Å². The van der Waals surface area contributed by atoms with Gasteiger partial charge < -0.3 is 9.47 Å². The van der Waals surface area contributed by atoms with Crippen molar-refractivity contribution in [2.45, 2.75) is 19.2 Å². The van der Waals surface area contributed by atoms with Gasteiger partial charge in [0, 0.05) is 0 Å². The van der Waals surface area contributed by atoms with Gasteiger partial charge in [0.15, 0.2) is 5.13 Å².